The number of nitrogens with one attached hydrogen (secondary N) is 1. The molecule has 3 heteroatoms. The van der Waals surface area contributed by atoms with Crippen LogP contribution in [0.15, 0.2) is 30.3 Å². The van der Waals surface area contributed by atoms with E-state index in [-0.39, 0.29) is 11.5 Å². The third-order valence-electron chi connectivity index (χ3n) is 7.01. The van der Waals surface area contributed by atoms with Gasteiger partial charge in [0.2, 0.25) is 5.91 Å². The molecular weight excluding hydrogens is 298 g/mol. The molecule has 0 unspecified atom stereocenters. The van der Waals surface area contributed by atoms with Gasteiger partial charge in [-0.25, -0.2) is 0 Å². The van der Waals surface area contributed by atoms with Crippen LogP contribution in [0.4, 0.5) is 0 Å². The first kappa shape index (κ1) is 16.1. The second-order valence-corrected chi connectivity index (χ2v) is 8.85. The number of carbonyl (C=O) groups is 1. The lowest BCUT2D eigenvalue weighted by Crippen LogP contribution is -2.63. The van der Waals surface area contributed by atoms with E-state index in [1.54, 1.807) is 0 Å². The smallest absolute Gasteiger partial charge is 0.230 e. The Balaban J connectivity index is 1.51. The third kappa shape index (κ3) is 2.48. The lowest BCUT2D eigenvalue weighted by atomic mass is 9.52. The summed E-state index contributed by atoms with van der Waals surface area (Å²) in [5, 5.41) is 3.45. The maximum Gasteiger partial charge on any atom is 0.230 e. The van der Waals surface area contributed by atoms with E-state index in [0.717, 1.165) is 24.3 Å². The van der Waals surface area contributed by atoms with Crippen molar-refractivity contribution >= 4 is 5.91 Å². The molecule has 0 heterocycles. The molecule has 1 N–H and O–H groups in total. The molecule has 0 aliphatic heterocycles. The summed E-state index contributed by atoms with van der Waals surface area (Å²) in [5.74, 6) is 2.15. The maximum absolute atomic E-state index is 13.1. The molecule has 4 aliphatic rings. The number of amides is 1. The van der Waals surface area contributed by atoms with Crippen LogP contribution >= 0.6 is 0 Å². The minimum absolute atomic E-state index is 0.104. The topological polar surface area (TPSA) is 38.3 Å². The molecule has 4 fully saturated rings. The molecule has 130 valence electrons. The highest BCUT2D eigenvalue weighted by Crippen LogP contribution is 2.57. The largest absolute Gasteiger partial charge is 0.378 e. The molecule has 0 saturated heterocycles. The van der Waals surface area contributed by atoms with Crippen molar-refractivity contribution in [2.24, 2.45) is 17.8 Å². The van der Waals surface area contributed by atoms with Gasteiger partial charge >= 0.3 is 0 Å². The minimum Gasteiger partial charge on any atom is -0.378 e. The monoisotopic (exact) mass is 327 g/mol. The molecule has 0 spiro atoms. The highest BCUT2D eigenvalue weighted by Gasteiger charge is 2.56. The van der Waals surface area contributed by atoms with Gasteiger partial charge in [-0.15, -0.1) is 0 Å². The average Bonchev–Trinajstić information content (AvgIpc) is 2.58. The van der Waals surface area contributed by atoms with Crippen LogP contribution < -0.4 is 5.32 Å². The molecule has 4 saturated carbocycles. The van der Waals surface area contributed by atoms with Crippen LogP contribution in [0.5, 0.6) is 0 Å². The fourth-order valence-electron chi connectivity index (χ4n) is 5.75. The Kier molecular flexibility index (Phi) is 3.76. The molecule has 2 atom stereocenters. The van der Waals surface area contributed by atoms with Gasteiger partial charge in [0.25, 0.3) is 0 Å². The van der Waals surface area contributed by atoms with Crippen LogP contribution in [0.3, 0.4) is 0 Å². The van der Waals surface area contributed by atoms with Gasteiger partial charge in [-0.3, -0.25) is 4.79 Å². The quantitative estimate of drug-likeness (QED) is 0.916. The molecule has 1 aromatic rings. The van der Waals surface area contributed by atoms with E-state index in [9.17, 15) is 4.79 Å². The molecule has 3 nitrogen and oxygen atoms in total. The standard InChI is InChI=1S/C21H29NO2/c1-20(2,17-7-5-4-6-8-17)19(23)22-18-15-9-14-10-16(18)13-21(11-14,12-15)24-3/h4-8,14-16,18H,9-13H2,1-3H3,(H,22,23)/t14-,15-,16-,18+,21-/m1/s1. The van der Waals surface area contributed by atoms with Crippen molar-refractivity contribution in [3.05, 3.63) is 35.9 Å². The molecule has 4 aliphatic carbocycles. The first-order chi connectivity index (χ1) is 11.4. The Morgan fingerprint density at radius 3 is 2.33 bits per heavy atom. The Hall–Kier alpha value is -1.35. The van der Waals surface area contributed by atoms with Crippen LogP contribution in [0.1, 0.15) is 51.5 Å². The van der Waals surface area contributed by atoms with E-state index < -0.39 is 5.41 Å². The van der Waals surface area contributed by atoms with Gasteiger partial charge in [0.1, 0.15) is 0 Å². The third-order valence-corrected chi connectivity index (χ3v) is 7.01. The lowest BCUT2D eigenvalue weighted by Gasteiger charge is -2.59. The van der Waals surface area contributed by atoms with Crippen molar-refractivity contribution in [2.75, 3.05) is 7.11 Å². The highest BCUT2D eigenvalue weighted by molar-refractivity contribution is 5.87. The van der Waals surface area contributed by atoms with Crippen molar-refractivity contribution in [3.63, 3.8) is 0 Å². The molecule has 5 rings (SSSR count). The summed E-state index contributed by atoms with van der Waals surface area (Å²) in [6, 6.07) is 10.5. The fraction of sp³-hybridized carbons (Fsp3) is 0.667. The SMILES string of the molecule is CO[C@]12C[C@H]3C[C@H](C[C@H](C1)[C@H]3NC(=O)C(C)(C)c1ccccc1)C2. The van der Waals surface area contributed by atoms with Crippen LogP contribution in [-0.4, -0.2) is 24.7 Å². The number of hydrogen-bond donors (Lipinski definition) is 1. The molecule has 0 aromatic heterocycles. The predicted molar refractivity (Wildman–Crippen MR) is 94.7 cm³/mol. The second kappa shape index (κ2) is 5.59. The molecule has 1 aromatic carbocycles. The summed E-state index contributed by atoms with van der Waals surface area (Å²) in [6.45, 7) is 4.06. The van der Waals surface area contributed by atoms with Crippen molar-refractivity contribution in [2.45, 2.75) is 63.0 Å². The van der Waals surface area contributed by atoms with Crippen molar-refractivity contribution in [1.29, 1.82) is 0 Å². The number of benzene rings is 1. The van der Waals surface area contributed by atoms with Gasteiger partial charge in [0.05, 0.1) is 11.0 Å². The summed E-state index contributed by atoms with van der Waals surface area (Å²) in [7, 11) is 1.87. The summed E-state index contributed by atoms with van der Waals surface area (Å²) in [5.41, 5.74) is 0.696. The molecule has 1 amide bonds. The van der Waals surface area contributed by atoms with E-state index >= 15 is 0 Å². The molecule has 0 radical (unpaired) electrons. The van der Waals surface area contributed by atoms with Crippen molar-refractivity contribution in [1.82, 2.24) is 5.32 Å². The molecule has 4 bridgehead atoms. The van der Waals surface area contributed by atoms with Crippen LogP contribution in [0.2, 0.25) is 0 Å². The average molecular weight is 327 g/mol. The number of ether oxygens (including phenoxy) is 1. The molecule has 24 heavy (non-hydrogen) atoms. The fourth-order valence-corrected chi connectivity index (χ4v) is 5.75. The number of hydrogen-bond acceptors (Lipinski definition) is 2. The number of rotatable bonds is 4. The number of methoxy groups -OCH3 is 1. The van der Waals surface area contributed by atoms with Crippen LogP contribution in [0.25, 0.3) is 0 Å². The van der Waals surface area contributed by atoms with Gasteiger partial charge in [-0.05, 0) is 69.3 Å². The second-order valence-electron chi connectivity index (χ2n) is 8.85. The van der Waals surface area contributed by atoms with E-state index in [2.05, 4.69) is 17.4 Å². The summed E-state index contributed by atoms with van der Waals surface area (Å²) in [4.78, 5) is 13.1. The Morgan fingerprint density at radius 1 is 1.12 bits per heavy atom. The Morgan fingerprint density at radius 2 is 1.75 bits per heavy atom. The van der Waals surface area contributed by atoms with E-state index in [1.165, 1.54) is 19.3 Å². The van der Waals surface area contributed by atoms with Crippen LogP contribution in [0, 0.1) is 17.8 Å². The number of carbonyl (C=O) groups excluding carboxylic acids is 1. The Labute approximate surface area is 145 Å². The van der Waals surface area contributed by atoms with Gasteiger partial charge in [0, 0.05) is 13.2 Å². The first-order valence-electron chi connectivity index (χ1n) is 9.35. The van der Waals surface area contributed by atoms with Crippen molar-refractivity contribution < 1.29 is 9.53 Å². The lowest BCUT2D eigenvalue weighted by molar-refractivity contribution is -0.161. The maximum atomic E-state index is 13.1. The summed E-state index contributed by atoms with van der Waals surface area (Å²) < 4.78 is 5.93. The van der Waals surface area contributed by atoms with Crippen molar-refractivity contribution in [3.8, 4) is 0 Å². The molecular formula is C21H29NO2. The van der Waals surface area contributed by atoms with Gasteiger partial charge < -0.3 is 10.1 Å². The van der Waals surface area contributed by atoms with Gasteiger partial charge in [-0.2, -0.15) is 0 Å². The van der Waals surface area contributed by atoms with E-state index in [0.29, 0.717) is 17.9 Å². The minimum atomic E-state index is -0.491. The first-order valence-corrected chi connectivity index (χ1v) is 9.35. The normalized spacial score (nSPS) is 37.5. The van der Waals surface area contributed by atoms with Gasteiger partial charge in [-0.1, -0.05) is 30.3 Å². The zero-order chi connectivity index (χ0) is 16.9. The van der Waals surface area contributed by atoms with E-state index in [1.807, 2.05) is 39.2 Å². The summed E-state index contributed by atoms with van der Waals surface area (Å²) in [6.07, 6.45) is 5.99. The predicted octanol–water partition coefficient (Wildman–Crippen LogP) is 3.67. The highest BCUT2D eigenvalue weighted by atomic mass is 16.5. The zero-order valence-electron chi connectivity index (χ0n) is 15.0. The zero-order valence-corrected chi connectivity index (χ0v) is 15.0. The Bertz CT molecular complexity index is 608. The van der Waals surface area contributed by atoms with E-state index in [4.69, 9.17) is 4.74 Å². The van der Waals surface area contributed by atoms with Crippen LogP contribution in [-0.2, 0) is 14.9 Å². The van der Waals surface area contributed by atoms with Gasteiger partial charge in [0.15, 0.2) is 0 Å². The summed E-state index contributed by atoms with van der Waals surface area (Å²) >= 11 is 0.